The highest BCUT2D eigenvalue weighted by molar-refractivity contribution is 9.10. The molecule has 4 nitrogen and oxygen atoms in total. The van der Waals surface area contributed by atoms with Crippen molar-refractivity contribution in [1.82, 2.24) is 9.97 Å². The average Bonchev–Trinajstić information content (AvgIpc) is 3.06. The number of aromatic amines is 1. The predicted molar refractivity (Wildman–Crippen MR) is 102 cm³/mol. The zero-order valence-corrected chi connectivity index (χ0v) is 15.7. The summed E-state index contributed by atoms with van der Waals surface area (Å²) in [5.41, 5.74) is 2.05. The number of rotatable bonds is 5. The highest BCUT2D eigenvalue weighted by Crippen LogP contribution is 2.26. The lowest BCUT2D eigenvalue weighted by Gasteiger charge is -2.11. The fraction of sp³-hybridized carbons (Fsp3) is 0.111. The highest BCUT2D eigenvalue weighted by Gasteiger charge is 2.17. The molecule has 0 bridgehead atoms. The van der Waals surface area contributed by atoms with Crippen molar-refractivity contribution >= 4 is 39.3 Å². The lowest BCUT2D eigenvalue weighted by Crippen LogP contribution is -2.23. The molecule has 1 amide bonds. The van der Waals surface area contributed by atoms with Crippen LogP contribution in [0, 0.1) is 5.82 Å². The Labute approximate surface area is 157 Å². The number of hydrogen-bond acceptors (Lipinski definition) is 3. The molecule has 128 valence electrons. The molecule has 0 fully saturated rings. The smallest absolute Gasteiger partial charge is 0.237 e. The highest BCUT2D eigenvalue weighted by atomic mass is 79.9. The molecular weight excluding hydrogens is 405 g/mol. The minimum atomic E-state index is -0.455. The fourth-order valence-electron chi connectivity index (χ4n) is 2.16. The summed E-state index contributed by atoms with van der Waals surface area (Å²) in [5, 5.41) is 2.80. The lowest BCUT2D eigenvalue weighted by atomic mass is 10.2. The first kappa shape index (κ1) is 17.7. The van der Waals surface area contributed by atoms with E-state index in [2.05, 4.69) is 31.2 Å². The molecule has 7 heteroatoms. The van der Waals surface area contributed by atoms with Crippen LogP contribution in [0.3, 0.4) is 0 Å². The van der Waals surface area contributed by atoms with Crippen LogP contribution in [0.4, 0.5) is 10.1 Å². The fourth-order valence-corrected chi connectivity index (χ4v) is 3.20. The van der Waals surface area contributed by atoms with E-state index in [1.54, 1.807) is 25.3 Å². The lowest BCUT2D eigenvalue weighted by molar-refractivity contribution is -0.115. The number of H-pyrrole nitrogens is 1. The second-order valence-corrected chi connectivity index (χ2v) is 7.58. The number of hydrogen-bond donors (Lipinski definition) is 2. The van der Waals surface area contributed by atoms with Crippen molar-refractivity contribution in [2.24, 2.45) is 0 Å². The van der Waals surface area contributed by atoms with Gasteiger partial charge >= 0.3 is 0 Å². The first-order valence-corrected chi connectivity index (χ1v) is 9.23. The van der Waals surface area contributed by atoms with Gasteiger partial charge in [-0.2, -0.15) is 0 Å². The predicted octanol–water partition coefficient (Wildman–Crippen LogP) is 5.10. The first-order chi connectivity index (χ1) is 12.0. The van der Waals surface area contributed by atoms with Crippen molar-refractivity contribution in [3.63, 3.8) is 0 Å². The van der Waals surface area contributed by atoms with Gasteiger partial charge in [-0.25, -0.2) is 9.37 Å². The van der Waals surface area contributed by atoms with Gasteiger partial charge < -0.3 is 10.3 Å². The number of halogens is 2. The summed E-state index contributed by atoms with van der Waals surface area (Å²) >= 11 is 4.69. The van der Waals surface area contributed by atoms with E-state index >= 15 is 0 Å². The number of aromatic nitrogens is 2. The van der Waals surface area contributed by atoms with Gasteiger partial charge in [0.2, 0.25) is 5.91 Å². The number of carbonyl (C=O) groups excluding carboxylic acids is 1. The molecule has 0 saturated carbocycles. The minimum absolute atomic E-state index is 0.176. The summed E-state index contributed by atoms with van der Waals surface area (Å²) in [4.78, 5) is 19.7. The van der Waals surface area contributed by atoms with Crippen LogP contribution in [0.25, 0.3) is 11.3 Å². The molecule has 3 rings (SSSR count). The Kier molecular flexibility index (Phi) is 5.55. The van der Waals surface area contributed by atoms with Gasteiger partial charge in [0.05, 0.1) is 22.8 Å². The average molecular weight is 420 g/mol. The van der Waals surface area contributed by atoms with E-state index in [4.69, 9.17) is 0 Å². The Morgan fingerprint density at radius 1 is 1.24 bits per heavy atom. The van der Waals surface area contributed by atoms with Crippen LogP contribution in [0.1, 0.15) is 6.92 Å². The normalized spacial score (nSPS) is 12.0. The van der Waals surface area contributed by atoms with Crippen LogP contribution >= 0.6 is 27.7 Å². The Balaban J connectivity index is 1.65. The molecule has 1 atom stereocenters. The summed E-state index contributed by atoms with van der Waals surface area (Å²) in [6, 6.07) is 13.9. The van der Waals surface area contributed by atoms with Crippen molar-refractivity contribution in [1.29, 1.82) is 0 Å². The standard InChI is InChI=1S/C18H15BrFN3OS/c1-11(17(24)22-15-5-3-2-4-14(15)20)25-18-21-10-16(23-18)12-6-8-13(19)9-7-12/h2-11H,1H3,(H,21,23)(H,22,24)/t11-/m1/s1. The molecule has 1 heterocycles. The first-order valence-electron chi connectivity index (χ1n) is 7.56. The van der Waals surface area contributed by atoms with Crippen molar-refractivity contribution < 1.29 is 9.18 Å². The number of amides is 1. The van der Waals surface area contributed by atoms with Crippen LogP contribution in [-0.4, -0.2) is 21.1 Å². The quantitative estimate of drug-likeness (QED) is 0.565. The van der Waals surface area contributed by atoms with E-state index in [0.717, 1.165) is 15.7 Å². The Bertz CT molecular complexity index is 882. The minimum Gasteiger partial charge on any atom is -0.333 e. The maximum absolute atomic E-state index is 13.6. The molecule has 25 heavy (non-hydrogen) atoms. The topological polar surface area (TPSA) is 57.8 Å². The van der Waals surface area contributed by atoms with Crippen LogP contribution in [0.15, 0.2) is 64.4 Å². The summed E-state index contributed by atoms with van der Waals surface area (Å²) in [6.07, 6.45) is 1.73. The van der Waals surface area contributed by atoms with Gasteiger partial charge in [0, 0.05) is 4.47 Å². The Morgan fingerprint density at radius 3 is 2.68 bits per heavy atom. The Morgan fingerprint density at radius 2 is 1.96 bits per heavy atom. The zero-order valence-electron chi connectivity index (χ0n) is 13.3. The third kappa shape index (κ3) is 4.49. The SMILES string of the molecule is C[C@@H](Sc1ncc(-c2ccc(Br)cc2)[nH]1)C(=O)Nc1ccccc1F. The molecule has 0 aliphatic carbocycles. The molecule has 0 aliphatic heterocycles. The molecule has 2 aromatic carbocycles. The van der Waals surface area contributed by atoms with Gasteiger partial charge in [-0.05, 0) is 36.8 Å². The number of benzene rings is 2. The molecule has 0 saturated heterocycles. The molecule has 3 aromatic rings. The number of thioether (sulfide) groups is 1. The number of nitrogens with one attached hydrogen (secondary N) is 2. The molecule has 2 N–H and O–H groups in total. The van der Waals surface area contributed by atoms with E-state index in [9.17, 15) is 9.18 Å². The zero-order chi connectivity index (χ0) is 17.8. The summed E-state index contributed by atoms with van der Waals surface area (Å²) < 4.78 is 14.6. The third-order valence-corrected chi connectivity index (χ3v) is 5.02. The van der Waals surface area contributed by atoms with Gasteiger partial charge in [-0.15, -0.1) is 0 Å². The van der Waals surface area contributed by atoms with E-state index in [1.807, 2.05) is 24.3 Å². The number of nitrogens with zero attached hydrogens (tertiary/aromatic N) is 1. The number of anilines is 1. The Hall–Kier alpha value is -2.12. The van der Waals surface area contributed by atoms with E-state index < -0.39 is 11.1 Å². The van der Waals surface area contributed by atoms with Crippen LogP contribution in [0.2, 0.25) is 0 Å². The van der Waals surface area contributed by atoms with Crippen LogP contribution < -0.4 is 5.32 Å². The van der Waals surface area contributed by atoms with E-state index in [-0.39, 0.29) is 11.6 Å². The molecule has 0 spiro atoms. The molecule has 0 radical (unpaired) electrons. The maximum atomic E-state index is 13.6. The van der Waals surface area contributed by atoms with Gasteiger partial charge in [0.25, 0.3) is 0 Å². The van der Waals surface area contributed by atoms with Crippen LogP contribution in [-0.2, 0) is 4.79 Å². The maximum Gasteiger partial charge on any atom is 0.237 e. The summed E-state index contributed by atoms with van der Waals surface area (Å²) in [5.74, 6) is -0.736. The molecule has 0 aliphatic rings. The van der Waals surface area contributed by atoms with Crippen molar-refractivity contribution in [3.05, 3.63) is 65.0 Å². The van der Waals surface area contributed by atoms with Crippen molar-refractivity contribution in [3.8, 4) is 11.3 Å². The van der Waals surface area contributed by atoms with Gasteiger partial charge in [-0.3, -0.25) is 4.79 Å². The second kappa shape index (κ2) is 7.84. The van der Waals surface area contributed by atoms with E-state index in [1.165, 1.54) is 23.9 Å². The second-order valence-electron chi connectivity index (χ2n) is 5.34. The summed E-state index contributed by atoms with van der Waals surface area (Å²) in [6.45, 7) is 1.75. The van der Waals surface area contributed by atoms with Gasteiger partial charge in [0.15, 0.2) is 5.16 Å². The molecule has 1 aromatic heterocycles. The third-order valence-electron chi connectivity index (χ3n) is 3.50. The van der Waals surface area contributed by atoms with Crippen molar-refractivity contribution in [2.45, 2.75) is 17.3 Å². The number of carbonyl (C=O) groups is 1. The summed E-state index contributed by atoms with van der Waals surface area (Å²) in [7, 11) is 0. The van der Waals surface area contributed by atoms with Gasteiger partial charge in [-0.1, -0.05) is 52.0 Å². The molecule has 0 unspecified atom stereocenters. The van der Waals surface area contributed by atoms with Crippen molar-refractivity contribution in [2.75, 3.05) is 5.32 Å². The number of para-hydroxylation sites is 1. The van der Waals surface area contributed by atoms with Gasteiger partial charge in [0.1, 0.15) is 5.82 Å². The van der Waals surface area contributed by atoms with E-state index in [0.29, 0.717) is 5.16 Å². The number of imidazole rings is 1. The molecular formula is C18H15BrFN3OS. The largest absolute Gasteiger partial charge is 0.333 e. The monoisotopic (exact) mass is 419 g/mol. The van der Waals surface area contributed by atoms with Crippen LogP contribution in [0.5, 0.6) is 0 Å².